The molecule has 96 valence electrons. The van der Waals surface area contributed by atoms with Crippen molar-refractivity contribution >= 4 is 22.2 Å². The minimum atomic E-state index is 1.00. The van der Waals surface area contributed by atoms with E-state index in [4.69, 9.17) is 4.98 Å². The summed E-state index contributed by atoms with van der Waals surface area (Å²) in [5.41, 5.74) is 4.14. The summed E-state index contributed by atoms with van der Waals surface area (Å²) in [5.74, 6) is 0. The Morgan fingerprint density at radius 2 is 1.95 bits per heavy atom. The highest BCUT2D eigenvalue weighted by molar-refractivity contribution is 7.13. The van der Waals surface area contributed by atoms with Crippen LogP contribution in [-0.2, 0) is 0 Å². The lowest BCUT2D eigenvalue weighted by Crippen LogP contribution is -1.85. The van der Waals surface area contributed by atoms with E-state index in [0.717, 1.165) is 27.9 Å². The fourth-order valence-electron chi connectivity index (χ4n) is 2.26. The third-order valence-electron chi connectivity index (χ3n) is 3.28. The van der Waals surface area contributed by atoms with Crippen LogP contribution in [0.25, 0.3) is 32.7 Å². The van der Waals surface area contributed by atoms with Crippen LogP contribution < -0.4 is 0 Å². The fraction of sp³-hybridized carbons (Fsp3) is 0. The molecule has 3 nitrogen and oxygen atoms in total. The highest BCUT2D eigenvalue weighted by Gasteiger charge is 2.05. The largest absolute Gasteiger partial charge is 0.278 e. The van der Waals surface area contributed by atoms with Crippen LogP contribution >= 0.6 is 11.3 Å². The van der Waals surface area contributed by atoms with E-state index in [1.807, 2.05) is 12.1 Å². The first kappa shape index (κ1) is 11.4. The van der Waals surface area contributed by atoms with Crippen molar-refractivity contribution in [3.8, 4) is 21.8 Å². The summed E-state index contributed by atoms with van der Waals surface area (Å²) >= 11 is 1.71. The van der Waals surface area contributed by atoms with E-state index in [1.54, 1.807) is 17.5 Å². The molecular formula is C16H11N3S. The predicted octanol–water partition coefficient (Wildman–Crippen LogP) is 4.35. The number of pyridine rings is 1. The minimum absolute atomic E-state index is 1.00. The number of rotatable bonds is 2. The van der Waals surface area contributed by atoms with Gasteiger partial charge in [0.25, 0.3) is 0 Å². The molecule has 0 aliphatic heterocycles. The van der Waals surface area contributed by atoms with Crippen LogP contribution in [0.3, 0.4) is 0 Å². The van der Waals surface area contributed by atoms with Gasteiger partial charge in [0.1, 0.15) is 0 Å². The third kappa shape index (κ3) is 1.90. The highest BCUT2D eigenvalue weighted by Crippen LogP contribution is 2.27. The summed E-state index contributed by atoms with van der Waals surface area (Å²) in [5, 5.41) is 10.2. The SMILES string of the molecule is c1csc(-c2ccc3ccc(-c4ccn[nH]4)cc3n2)c1. The molecule has 3 aromatic heterocycles. The van der Waals surface area contributed by atoms with E-state index in [1.165, 1.54) is 4.88 Å². The van der Waals surface area contributed by atoms with Gasteiger partial charge in [-0.05, 0) is 29.6 Å². The number of fused-ring (bicyclic) bond motifs is 1. The molecule has 0 amide bonds. The van der Waals surface area contributed by atoms with Crippen LogP contribution in [0.4, 0.5) is 0 Å². The van der Waals surface area contributed by atoms with Gasteiger partial charge in [0.05, 0.1) is 21.8 Å². The second-order valence-electron chi connectivity index (χ2n) is 4.55. The number of aromatic amines is 1. The zero-order chi connectivity index (χ0) is 13.4. The van der Waals surface area contributed by atoms with E-state index < -0.39 is 0 Å². The van der Waals surface area contributed by atoms with Gasteiger partial charge in [-0.1, -0.05) is 24.3 Å². The quantitative estimate of drug-likeness (QED) is 0.591. The maximum atomic E-state index is 4.76. The number of hydrogen-bond acceptors (Lipinski definition) is 3. The summed E-state index contributed by atoms with van der Waals surface area (Å²) < 4.78 is 0. The smallest absolute Gasteiger partial charge is 0.0809 e. The molecule has 0 spiro atoms. The van der Waals surface area contributed by atoms with E-state index >= 15 is 0 Å². The molecule has 0 radical (unpaired) electrons. The van der Waals surface area contributed by atoms with Crippen molar-refractivity contribution in [3.05, 3.63) is 60.1 Å². The monoisotopic (exact) mass is 277 g/mol. The third-order valence-corrected chi connectivity index (χ3v) is 4.17. The molecule has 0 bridgehead atoms. The van der Waals surface area contributed by atoms with Gasteiger partial charge in [-0.3, -0.25) is 5.10 Å². The standard InChI is InChI=1S/C16H11N3S/c1-2-16(20-9-1)14-6-5-11-3-4-12(10-15(11)18-14)13-7-8-17-19-13/h1-10H,(H,17,19). The molecule has 0 unspecified atom stereocenters. The van der Waals surface area contributed by atoms with E-state index in [-0.39, 0.29) is 0 Å². The van der Waals surface area contributed by atoms with Gasteiger partial charge >= 0.3 is 0 Å². The lowest BCUT2D eigenvalue weighted by Gasteiger charge is -2.03. The second-order valence-corrected chi connectivity index (χ2v) is 5.50. The molecule has 1 N–H and O–H groups in total. The van der Waals surface area contributed by atoms with Gasteiger partial charge in [0.2, 0.25) is 0 Å². The van der Waals surface area contributed by atoms with Gasteiger partial charge in [-0.25, -0.2) is 4.98 Å². The van der Waals surface area contributed by atoms with Crippen molar-refractivity contribution < 1.29 is 0 Å². The number of benzene rings is 1. The van der Waals surface area contributed by atoms with Gasteiger partial charge in [0.15, 0.2) is 0 Å². The van der Waals surface area contributed by atoms with E-state index in [0.29, 0.717) is 0 Å². The normalized spacial score (nSPS) is 11.0. The number of nitrogens with one attached hydrogen (secondary N) is 1. The first-order valence-electron chi connectivity index (χ1n) is 6.34. The topological polar surface area (TPSA) is 41.6 Å². The summed E-state index contributed by atoms with van der Waals surface area (Å²) in [6.45, 7) is 0. The van der Waals surface area contributed by atoms with Crippen molar-refractivity contribution in [1.82, 2.24) is 15.2 Å². The molecule has 4 aromatic rings. The average Bonchev–Trinajstić information content (AvgIpc) is 3.19. The molecule has 4 heteroatoms. The molecule has 3 heterocycles. The molecular weight excluding hydrogens is 266 g/mol. The number of aromatic nitrogens is 3. The number of H-pyrrole nitrogens is 1. The predicted molar refractivity (Wildman–Crippen MR) is 82.6 cm³/mol. The Hall–Kier alpha value is -2.46. The van der Waals surface area contributed by atoms with E-state index in [9.17, 15) is 0 Å². The van der Waals surface area contributed by atoms with Crippen LogP contribution in [0.1, 0.15) is 0 Å². The van der Waals surface area contributed by atoms with Crippen LogP contribution in [-0.4, -0.2) is 15.2 Å². The Morgan fingerprint density at radius 1 is 1.00 bits per heavy atom. The lowest BCUT2D eigenvalue weighted by atomic mass is 10.1. The first-order valence-corrected chi connectivity index (χ1v) is 7.22. The molecule has 20 heavy (non-hydrogen) atoms. The molecule has 0 aliphatic rings. The molecule has 0 saturated carbocycles. The summed E-state index contributed by atoms with van der Waals surface area (Å²) in [6.07, 6.45) is 1.76. The van der Waals surface area contributed by atoms with Crippen LogP contribution in [0.15, 0.2) is 60.1 Å². The molecule has 0 saturated heterocycles. The van der Waals surface area contributed by atoms with Crippen molar-refractivity contribution in [3.63, 3.8) is 0 Å². The fourth-order valence-corrected chi connectivity index (χ4v) is 2.96. The molecule has 0 fully saturated rings. The first-order chi connectivity index (χ1) is 9.90. The highest BCUT2D eigenvalue weighted by atomic mass is 32.1. The van der Waals surface area contributed by atoms with Crippen molar-refractivity contribution in [2.24, 2.45) is 0 Å². The van der Waals surface area contributed by atoms with Gasteiger partial charge in [-0.2, -0.15) is 5.10 Å². The number of nitrogens with zero attached hydrogens (tertiary/aromatic N) is 2. The second kappa shape index (κ2) is 4.58. The Balaban J connectivity index is 1.88. The Bertz CT molecular complexity index is 780. The Labute approximate surface area is 119 Å². The van der Waals surface area contributed by atoms with Gasteiger partial charge in [0, 0.05) is 17.1 Å². The number of hydrogen-bond donors (Lipinski definition) is 1. The Morgan fingerprint density at radius 3 is 2.75 bits per heavy atom. The van der Waals surface area contributed by atoms with Crippen LogP contribution in [0.5, 0.6) is 0 Å². The van der Waals surface area contributed by atoms with Gasteiger partial charge in [-0.15, -0.1) is 11.3 Å². The molecule has 0 atom stereocenters. The lowest BCUT2D eigenvalue weighted by molar-refractivity contribution is 1.10. The molecule has 0 aliphatic carbocycles. The maximum Gasteiger partial charge on any atom is 0.0809 e. The summed E-state index contributed by atoms with van der Waals surface area (Å²) in [7, 11) is 0. The average molecular weight is 277 g/mol. The number of thiophene rings is 1. The maximum absolute atomic E-state index is 4.76. The summed E-state index contributed by atoms with van der Waals surface area (Å²) in [4.78, 5) is 5.96. The molecule has 1 aromatic carbocycles. The van der Waals surface area contributed by atoms with Crippen LogP contribution in [0, 0.1) is 0 Å². The zero-order valence-electron chi connectivity index (χ0n) is 10.6. The van der Waals surface area contributed by atoms with Gasteiger partial charge < -0.3 is 0 Å². The van der Waals surface area contributed by atoms with Crippen LogP contribution in [0.2, 0.25) is 0 Å². The summed E-state index contributed by atoms with van der Waals surface area (Å²) in [6, 6.07) is 16.6. The van der Waals surface area contributed by atoms with Crippen molar-refractivity contribution in [1.29, 1.82) is 0 Å². The van der Waals surface area contributed by atoms with Crippen molar-refractivity contribution in [2.45, 2.75) is 0 Å². The molecule has 4 rings (SSSR count). The zero-order valence-corrected chi connectivity index (χ0v) is 11.4. The Kier molecular flexibility index (Phi) is 2.60. The van der Waals surface area contributed by atoms with E-state index in [2.05, 4.69) is 52.0 Å². The van der Waals surface area contributed by atoms with Crippen molar-refractivity contribution in [2.75, 3.05) is 0 Å². The minimum Gasteiger partial charge on any atom is -0.278 e.